The van der Waals surface area contributed by atoms with Gasteiger partial charge in [-0.05, 0) is 19.1 Å². The maximum absolute atomic E-state index is 13.0. The lowest BCUT2D eigenvalue weighted by atomic mass is 10.3. The molecular formula is C23H26N6O5. The van der Waals surface area contributed by atoms with Crippen molar-refractivity contribution in [1.29, 1.82) is 0 Å². The molecule has 0 bridgehead atoms. The van der Waals surface area contributed by atoms with Gasteiger partial charge in [0.05, 0.1) is 24.5 Å². The molecule has 0 saturated heterocycles. The molecule has 0 aliphatic carbocycles. The van der Waals surface area contributed by atoms with Gasteiger partial charge in [-0.25, -0.2) is 32.8 Å². The fourth-order valence-electron chi connectivity index (χ4n) is 3.57. The number of amides is 1. The summed E-state index contributed by atoms with van der Waals surface area (Å²) in [5, 5.41) is 2.59. The third-order valence-corrected chi connectivity index (χ3v) is 5.39. The number of carbonyl (C=O) groups excluding carboxylic acids is 1. The second-order valence-corrected chi connectivity index (χ2v) is 7.53. The number of anilines is 1. The number of carbonyl (C=O) groups is 1. The molecule has 0 fully saturated rings. The summed E-state index contributed by atoms with van der Waals surface area (Å²) < 4.78 is 5.57. The van der Waals surface area contributed by atoms with Gasteiger partial charge >= 0.3 is 17.1 Å². The molecule has 0 aliphatic heterocycles. The Balaban J connectivity index is 1.90. The summed E-state index contributed by atoms with van der Waals surface area (Å²) in [6.07, 6.45) is 2.45. The Labute approximate surface area is 194 Å². The van der Waals surface area contributed by atoms with Crippen LogP contribution in [0, 0.1) is 6.92 Å². The normalized spacial score (nSPS) is 10.8. The molecule has 3 aromatic rings. The van der Waals surface area contributed by atoms with Gasteiger partial charge in [0.1, 0.15) is 5.69 Å². The summed E-state index contributed by atoms with van der Waals surface area (Å²) in [4.78, 5) is 63.5. The van der Waals surface area contributed by atoms with Crippen LogP contribution in [0.5, 0.6) is 0 Å². The number of allylic oxidation sites excluding steroid dienone is 2. The predicted octanol–water partition coefficient (Wildman–Crippen LogP) is 0.370. The second kappa shape index (κ2) is 10.0. The molecule has 3 rings (SSSR count). The number of rotatable bonds is 9. The zero-order valence-corrected chi connectivity index (χ0v) is 19.1. The van der Waals surface area contributed by atoms with Crippen LogP contribution in [0.15, 0.2) is 74.8 Å². The average Bonchev–Trinajstić information content (AvgIpc) is 3.03. The van der Waals surface area contributed by atoms with Crippen LogP contribution < -0.4 is 27.9 Å². The number of hydrogen-bond donors (Lipinski definition) is 1. The molecule has 1 N–H and O–H groups in total. The minimum absolute atomic E-state index is 0.0937. The summed E-state index contributed by atoms with van der Waals surface area (Å²) in [5.74, 6) is -0.561. The Morgan fingerprint density at radius 1 is 0.912 bits per heavy atom. The molecule has 1 aromatic carbocycles. The Morgan fingerprint density at radius 2 is 1.44 bits per heavy atom. The summed E-state index contributed by atoms with van der Waals surface area (Å²) in [6, 6.07) is 8.96. The van der Waals surface area contributed by atoms with Crippen molar-refractivity contribution in [2.24, 2.45) is 7.05 Å². The number of nitrogens with one attached hydrogen (secondary N) is 1. The number of hydrogen-bond acceptors (Lipinski definition) is 5. The van der Waals surface area contributed by atoms with Gasteiger partial charge in [-0.15, -0.1) is 13.2 Å². The number of para-hydroxylation sites is 1. The average molecular weight is 466 g/mol. The highest BCUT2D eigenvalue weighted by atomic mass is 16.2. The highest BCUT2D eigenvalue weighted by Gasteiger charge is 2.19. The van der Waals surface area contributed by atoms with Crippen LogP contribution >= 0.6 is 0 Å². The maximum Gasteiger partial charge on any atom is 0.336 e. The molecule has 1 amide bonds. The fourth-order valence-corrected chi connectivity index (χ4v) is 3.57. The number of aromatic nitrogens is 5. The lowest BCUT2D eigenvalue weighted by Gasteiger charge is -2.12. The first-order valence-corrected chi connectivity index (χ1v) is 10.5. The van der Waals surface area contributed by atoms with Gasteiger partial charge in [-0.3, -0.25) is 14.3 Å². The van der Waals surface area contributed by atoms with Crippen molar-refractivity contribution in [3.05, 3.63) is 103 Å². The lowest BCUT2D eigenvalue weighted by molar-refractivity contribution is -0.116. The smallest absolute Gasteiger partial charge is 0.320 e. The first kappa shape index (κ1) is 24.2. The van der Waals surface area contributed by atoms with Crippen molar-refractivity contribution >= 4 is 11.6 Å². The Hall–Kier alpha value is -4.41. The highest BCUT2D eigenvalue weighted by molar-refractivity contribution is 5.91. The standard InChI is InChI=1S/C23H26N6O5/c1-5-13-26-21(32)27(14-6-2)23(34)28(22(26)33)15-12-18(30)24-19-16(3)25(4)29(20(19)31)17-10-8-7-9-11-17/h5-11H,1-2,12-15H2,3-4H3,(H,24,30). The zero-order chi connectivity index (χ0) is 25.0. The van der Waals surface area contributed by atoms with Crippen molar-refractivity contribution in [3.63, 3.8) is 0 Å². The molecule has 0 aliphatic rings. The van der Waals surface area contributed by atoms with E-state index in [0.717, 1.165) is 13.7 Å². The quantitative estimate of drug-likeness (QED) is 0.457. The van der Waals surface area contributed by atoms with Crippen molar-refractivity contribution in [2.75, 3.05) is 5.32 Å². The summed E-state index contributed by atoms with van der Waals surface area (Å²) in [5.41, 5.74) is -1.61. The molecular weight excluding hydrogens is 440 g/mol. The molecule has 11 heteroatoms. The summed E-state index contributed by atoms with van der Waals surface area (Å²) in [7, 11) is 1.70. The second-order valence-electron chi connectivity index (χ2n) is 7.53. The Morgan fingerprint density at radius 3 is 1.97 bits per heavy atom. The highest BCUT2D eigenvalue weighted by Crippen LogP contribution is 2.14. The van der Waals surface area contributed by atoms with Crippen LogP contribution in [0.25, 0.3) is 5.69 Å². The zero-order valence-electron chi connectivity index (χ0n) is 19.1. The molecule has 0 saturated carbocycles. The molecule has 178 valence electrons. The van der Waals surface area contributed by atoms with E-state index in [4.69, 9.17) is 0 Å². The maximum atomic E-state index is 13.0. The van der Waals surface area contributed by atoms with Crippen LogP contribution in [-0.4, -0.2) is 29.0 Å². The third kappa shape index (κ3) is 4.40. The van der Waals surface area contributed by atoms with E-state index in [1.54, 1.807) is 42.9 Å². The lowest BCUT2D eigenvalue weighted by Crippen LogP contribution is -2.54. The van der Waals surface area contributed by atoms with Crippen LogP contribution in [-0.2, 0) is 31.5 Å². The van der Waals surface area contributed by atoms with Crippen molar-refractivity contribution in [3.8, 4) is 5.69 Å². The van der Waals surface area contributed by atoms with E-state index in [2.05, 4.69) is 18.5 Å². The van der Waals surface area contributed by atoms with Crippen LogP contribution in [0.2, 0.25) is 0 Å². The fraction of sp³-hybridized carbons (Fsp3) is 0.261. The van der Waals surface area contributed by atoms with E-state index < -0.39 is 28.5 Å². The van der Waals surface area contributed by atoms with Gasteiger partial charge in [-0.2, -0.15) is 0 Å². The molecule has 0 unspecified atom stereocenters. The van der Waals surface area contributed by atoms with Crippen molar-refractivity contribution in [2.45, 2.75) is 33.0 Å². The van der Waals surface area contributed by atoms with Crippen LogP contribution in [0.1, 0.15) is 12.1 Å². The number of benzene rings is 1. The van der Waals surface area contributed by atoms with Gasteiger partial charge < -0.3 is 5.32 Å². The van der Waals surface area contributed by atoms with Crippen molar-refractivity contribution < 1.29 is 4.79 Å². The molecule has 2 heterocycles. The molecule has 0 atom stereocenters. The van der Waals surface area contributed by atoms with Gasteiger partial charge in [-0.1, -0.05) is 30.4 Å². The van der Waals surface area contributed by atoms with Gasteiger partial charge in [0.2, 0.25) is 5.91 Å². The van der Waals surface area contributed by atoms with E-state index in [1.807, 2.05) is 6.07 Å². The molecule has 34 heavy (non-hydrogen) atoms. The summed E-state index contributed by atoms with van der Waals surface area (Å²) >= 11 is 0. The van der Waals surface area contributed by atoms with Crippen LogP contribution in [0.4, 0.5) is 5.69 Å². The largest absolute Gasteiger partial charge is 0.336 e. The van der Waals surface area contributed by atoms with Gasteiger partial charge in [0.15, 0.2) is 0 Å². The molecule has 0 radical (unpaired) electrons. The van der Waals surface area contributed by atoms with Gasteiger partial charge in [0, 0.05) is 20.0 Å². The number of nitrogens with zero attached hydrogens (tertiary/aromatic N) is 5. The first-order chi connectivity index (χ1) is 16.2. The van der Waals surface area contributed by atoms with Gasteiger partial charge in [0.25, 0.3) is 5.56 Å². The van der Waals surface area contributed by atoms with E-state index >= 15 is 0 Å². The van der Waals surface area contributed by atoms with Crippen LogP contribution in [0.3, 0.4) is 0 Å². The van der Waals surface area contributed by atoms with Crippen molar-refractivity contribution in [1.82, 2.24) is 23.1 Å². The van der Waals surface area contributed by atoms with E-state index in [1.165, 1.54) is 16.8 Å². The molecule has 11 nitrogen and oxygen atoms in total. The third-order valence-electron chi connectivity index (χ3n) is 5.39. The Kier molecular flexibility index (Phi) is 7.15. The minimum atomic E-state index is -0.842. The minimum Gasteiger partial charge on any atom is -0.320 e. The van der Waals surface area contributed by atoms with E-state index in [9.17, 15) is 24.0 Å². The van der Waals surface area contributed by atoms with E-state index in [-0.39, 0.29) is 31.7 Å². The first-order valence-electron chi connectivity index (χ1n) is 10.5. The topological polar surface area (TPSA) is 122 Å². The monoisotopic (exact) mass is 466 g/mol. The molecule has 0 spiro atoms. The Bertz CT molecular complexity index is 1440. The summed E-state index contributed by atoms with van der Waals surface area (Å²) in [6.45, 7) is 8.27. The van der Waals surface area contributed by atoms with E-state index in [0.29, 0.717) is 11.4 Å². The predicted molar refractivity (Wildman–Crippen MR) is 129 cm³/mol. The SMILES string of the molecule is C=CCn1c(=O)n(CC=C)c(=O)n(CCC(=O)Nc2c(C)n(C)n(-c3ccccc3)c2=O)c1=O. The molecule has 2 aromatic heterocycles.